The fourth-order valence-electron chi connectivity index (χ4n) is 4.61. The van der Waals surface area contributed by atoms with E-state index < -0.39 is 5.41 Å². The van der Waals surface area contributed by atoms with E-state index in [0.29, 0.717) is 60.0 Å². The number of urea groups is 1. The zero-order valence-electron chi connectivity index (χ0n) is 24.4. The summed E-state index contributed by atoms with van der Waals surface area (Å²) in [6.45, 7) is 9.29. The lowest BCUT2D eigenvalue weighted by molar-refractivity contribution is -0.123. The first kappa shape index (κ1) is 30.8. The van der Waals surface area contributed by atoms with Crippen LogP contribution in [0.5, 0.6) is 0 Å². The maximum absolute atomic E-state index is 13.1. The Morgan fingerprint density at radius 2 is 1.79 bits per heavy atom. The first-order valence-corrected chi connectivity index (χ1v) is 14.4. The Labute approximate surface area is 250 Å². The van der Waals surface area contributed by atoms with Gasteiger partial charge in [0.25, 0.3) is 11.5 Å². The number of aromatic nitrogens is 2. The van der Waals surface area contributed by atoms with Crippen molar-refractivity contribution in [1.29, 1.82) is 0 Å². The van der Waals surface area contributed by atoms with Gasteiger partial charge < -0.3 is 20.9 Å². The Bertz CT molecular complexity index is 1520. The SMILES string of the molecule is CCNC(=O)N1CCC(NC(=O)c2cccc(Cn3cnc(-c4ccc(Cl)cc4NC(=O)C(C)(C)C)cc3=O)c2)CC1. The number of benzene rings is 2. The summed E-state index contributed by atoms with van der Waals surface area (Å²) in [6, 6.07) is 13.5. The number of rotatable bonds is 7. The number of carbonyl (C=O) groups is 3. The lowest BCUT2D eigenvalue weighted by Gasteiger charge is -2.32. The second-order valence-electron chi connectivity index (χ2n) is 11.4. The van der Waals surface area contributed by atoms with Gasteiger partial charge >= 0.3 is 6.03 Å². The van der Waals surface area contributed by atoms with Crippen molar-refractivity contribution >= 4 is 35.1 Å². The van der Waals surface area contributed by atoms with Crippen molar-refractivity contribution < 1.29 is 14.4 Å². The smallest absolute Gasteiger partial charge is 0.317 e. The number of likely N-dealkylation sites (tertiary alicyclic amines) is 1. The highest BCUT2D eigenvalue weighted by molar-refractivity contribution is 6.31. The highest BCUT2D eigenvalue weighted by atomic mass is 35.5. The Morgan fingerprint density at radius 1 is 1.05 bits per heavy atom. The summed E-state index contributed by atoms with van der Waals surface area (Å²) in [6.07, 6.45) is 2.83. The normalized spacial score (nSPS) is 13.9. The molecule has 0 atom stereocenters. The third kappa shape index (κ3) is 7.76. The van der Waals surface area contributed by atoms with Gasteiger partial charge in [0.2, 0.25) is 5.91 Å². The van der Waals surface area contributed by atoms with Gasteiger partial charge in [0, 0.05) is 53.3 Å². The molecule has 2 heterocycles. The van der Waals surface area contributed by atoms with Gasteiger partial charge in [-0.1, -0.05) is 44.5 Å². The molecule has 3 N–H and O–H groups in total. The molecule has 0 saturated carbocycles. The molecule has 0 unspecified atom stereocenters. The first-order chi connectivity index (χ1) is 19.9. The molecular formula is C31H37ClN6O4. The molecule has 0 spiro atoms. The van der Waals surface area contributed by atoms with Gasteiger partial charge in [-0.3, -0.25) is 19.0 Å². The number of amides is 4. The van der Waals surface area contributed by atoms with Crippen LogP contribution in [0.2, 0.25) is 5.02 Å². The molecule has 1 fully saturated rings. The standard InChI is InChI=1S/C31H37ClN6O4/c1-5-33-30(42)37-13-11-23(12-14-37)35-28(40)21-8-6-7-20(15-21)18-38-19-34-25(17-27(38)39)24-10-9-22(32)16-26(24)36-29(41)31(2,3)4/h6-10,15-17,19,23H,5,11-14,18H2,1-4H3,(H,33,42)(H,35,40)(H,36,41). The van der Waals surface area contributed by atoms with Crippen LogP contribution >= 0.6 is 11.6 Å². The lowest BCUT2D eigenvalue weighted by atomic mass is 9.95. The van der Waals surface area contributed by atoms with E-state index in [9.17, 15) is 19.2 Å². The average molecular weight is 593 g/mol. The Balaban J connectivity index is 1.44. The summed E-state index contributed by atoms with van der Waals surface area (Å²) in [5.74, 6) is -0.380. The molecule has 1 saturated heterocycles. The molecule has 1 aromatic heterocycles. The molecule has 4 amide bonds. The quantitative estimate of drug-likeness (QED) is 0.372. The van der Waals surface area contributed by atoms with Crippen molar-refractivity contribution in [2.75, 3.05) is 25.0 Å². The van der Waals surface area contributed by atoms with E-state index in [0.717, 1.165) is 5.56 Å². The highest BCUT2D eigenvalue weighted by Crippen LogP contribution is 2.30. The topological polar surface area (TPSA) is 125 Å². The van der Waals surface area contributed by atoms with Crippen LogP contribution in [0.1, 0.15) is 56.5 Å². The summed E-state index contributed by atoms with van der Waals surface area (Å²) in [4.78, 5) is 56.9. The van der Waals surface area contributed by atoms with E-state index in [1.807, 2.05) is 33.8 Å². The minimum atomic E-state index is -0.619. The van der Waals surface area contributed by atoms with E-state index in [4.69, 9.17) is 11.6 Å². The number of nitrogens with one attached hydrogen (secondary N) is 3. The number of anilines is 1. The Hall–Kier alpha value is -4.18. The zero-order chi connectivity index (χ0) is 30.4. The van der Waals surface area contributed by atoms with Gasteiger partial charge in [-0.2, -0.15) is 0 Å². The number of hydrogen-bond donors (Lipinski definition) is 3. The molecule has 1 aliphatic heterocycles. The second kappa shape index (κ2) is 13.2. The van der Waals surface area contributed by atoms with Gasteiger partial charge in [-0.25, -0.2) is 9.78 Å². The van der Waals surface area contributed by atoms with Crippen LogP contribution in [0, 0.1) is 5.41 Å². The second-order valence-corrected chi connectivity index (χ2v) is 11.8. The van der Waals surface area contributed by atoms with Crippen molar-refractivity contribution in [2.45, 2.75) is 53.1 Å². The van der Waals surface area contributed by atoms with E-state index in [-0.39, 0.29) is 36.0 Å². The van der Waals surface area contributed by atoms with Crippen LogP contribution in [-0.4, -0.2) is 58.0 Å². The van der Waals surface area contributed by atoms with Crippen LogP contribution in [0.25, 0.3) is 11.3 Å². The van der Waals surface area contributed by atoms with E-state index in [1.165, 1.54) is 17.0 Å². The monoisotopic (exact) mass is 592 g/mol. The number of halogens is 1. The highest BCUT2D eigenvalue weighted by Gasteiger charge is 2.24. The van der Waals surface area contributed by atoms with Crippen LogP contribution in [0.3, 0.4) is 0 Å². The minimum Gasteiger partial charge on any atom is -0.349 e. The Morgan fingerprint density at radius 3 is 2.45 bits per heavy atom. The van der Waals surface area contributed by atoms with E-state index in [1.54, 1.807) is 41.3 Å². The van der Waals surface area contributed by atoms with Gasteiger partial charge in [-0.15, -0.1) is 0 Å². The average Bonchev–Trinajstić information content (AvgIpc) is 2.94. The molecule has 42 heavy (non-hydrogen) atoms. The van der Waals surface area contributed by atoms with Gasteiger partial charge in [0.05, 0.1) is 24.3 Å². The summed E-state index contributed by atoms with van der Waals surface area (Å²) in [7, 11) is 0. The van der Waals surface area contributed by atoms with Crippen molar-refractivity contribution in [3.63, 3.8) is 0 Å². The maximum atomic E-state index is 13.1. The summed E-state index contributed by atoms with van der Waals surface area (Å²) < 4.78 is 1.46. The zero-order valence-corrected chi connectivity index (χ0v) is 25.1. The van der Waals surface area contributed by atoms with E-state index in [2.05, 4.69) is 20.9 Å². The van der Waals surface area contributed by atoms with Crippen LogP contribution in [-0.2, 0) is 11.3 Å². The molecule has 222 valence electrons. The fourth-order valence-corrected chi connectivity index (χ4v) is 4.78. The fraction of sp³-hybridized carbons (Fsp3) is 0.387. The molecule has 4 rings (SSSR count). The number of carbonyl (C=O) groups excluding carboxylic acids is 3. The van der Waals surface area contributed by atoms with Crippen LogP contribution < -0.4 is 21.5 Å². The summed E-state index contributed by atoms with van der Waals surface area (Å²) in [5, 5.41) is 9.21. The predicted octanol–water partition coefficient (Wildman–Crippen LogP) is 4.52. The van der Waals surface area contributed by atoms with Gasteiger partial charge in [-0.05, 0) is 55.7 Å². The molecule has 2 aromatic carbocycles. The predicted molar refractivity (Wildman–Crippen MR) is 164 cm³/mol. The van der Waals surface area contributed by atoms with Gasteiger partial charge in [0.1, 0.15) is 0 Å². The first-order valence-electron chi connectivity index (χ1n) is 14.0. The molecule has 0 aliphatic carbocycles. The molecular weight excluding hydrogens is 556 g/mol. The van der Waals surface area contributed by atoms with Crippen LogP contribution in [0.15, 0.2) is 59.7 Å². The molecule has 0 bridgehead atoms. The Kier molecular flexibility index (Phi) is 9.67. The lowest BCUT2D eigenvalue weighted by Crippen LogP contribution is -2.49. The van der Waals surface area contributed by atoms with Crippen molar-refractivity contribution in [2.24, 2.45) is 5.41 Å². The van der Waals surface area contributed by atoms with Crippen molar-refractivity contribution in [3.8, 4) is 11.3 Å². The molecule has 3 aromatic rings. The molecule has 1 aliphatic rings. The minimum absolute atomic E-state index is 0.0165. The molecule has 11 heteroatoms. The molecule has 10 nitrogen and oxygen atoms in total. The number of hydrogen-bond acceptors (Lipinski definition) is 5. The number of nitrogens with zero attached hydrogens (tertiary/aromatic N) is 3. The van der Waals surface area contributed by atoms with Crippen molar-refractivity contribution in [3.05, 3.63) is 81.4 Å². The maximum Gasteiger partial charge on any atom is 0.317 e. The summed E-state index contributed by atoms with van der Waals surface area (Å²) >= 11 is 6.18. The van der Waals surface area contributed by atoms with E-state index >= 15 is 0 Å². The molecule has 0 radical (unpaired) electrons. The third-order valence-electron chi connectivity index (χ3n) is 7.05. The van der Waals surface area contributed by atoms with Crippen LogP contribution in [0.4, 0.5) is 10.5 Å². The third-order valence-corrected chi connectivity index (χ3v) is 7.29. The largest absolute Gasteiger partial charge is 0.349 e. The summed E-state index contributed by atoms with van der Waals surface area (Å²) in [5.41, 5.74) is 1.83. The number of piperidine rings is 1. The van der Waals surface area contributed by atoms with Crippen molar-refractivity contribution in [1.82, 2.24) is 25.1 Å². The van der Waals surface area contributed by atoms with Gasteiger partial charge in [0.15, 0.2) is 0 Å².